The fraction of sp³-hybridized carbons (Fsp3) is 0.536. The number of hydrogen-bond donors (Lipinski definition) is 2. The molecule has 1 aromatic heterocycles. The number of aromatic nitrogens is 1. The first kappa shape index (κ1) is 27.3. The molecule has 0 bridgehead atoms. The van der Waals surface area contributed by atoms with Crippen molar-refractivity contribution in [1.82, 2.24) is 15.2 Å². The Morgan fingerprint density at radius 2 is 1.78 bits per heavy atom. The van der Waals surface area contributed by atoms with Crippen LogP contribution in [0.25, 0.3) is 0 Å². The SMILES string of the molecule is CCOC(=O)c1[nH]c(C)c(CCC(=O)N2CCC(C(=O)NCc3ccc(OC(C)C)cc3)CC2)c1C. The summed E-state index contributed by atoms with van der Waals surface area (Å²) in [7, 11) is 0. The summed E-state index contributed by atoms with van der Waals surface area (Å²) in [5.74, 6) is 0.482. The minimum Gasteiger partial charge on any atom is -0.491 e. The van der Waals surface area contributed by atoms with Crippen LogP contribution in [0.4, 0.5) is 0 Å². The minimum atomic E-state index is -0.367. The Bertz CT molecular complexity index is 1050. The summed E-state index contributed by atoms with van der Waals surface area (Å²) < 4.78 is 10.8. The Kier molecular flexibility index (Phi) is 9.56. The lowest BCUT2D eigenvalue weighted by atomic mass is 9.95. The maximum absolute atomic E-state index is 12.8. The zero-order valence-corrected chi connectivity index (χ0v) is 22.1. The number of esters is 1. The fourth-order valence-corrected chi connectivity index (χ4v) is 4.64. The Morgan fingerprint density at radius 3 is 2.39 bits per heavy atom. The minimum absolute atomic E-state index is 0.0367. The van der Waals surface area contributed by atoms with Gasteiger partial charge in [0.05, 0.1) is 12.7 Å². The number of nitrogens with one attached hydrogen (secondary N) is 2. The average Bonchev–Trinajstić information content (AvgIpc) is 3.15. The zero-order valence-electron chi connectivity index (χ0n) is 22.1. The van der Waals surface area contributed by atoms with Crippen LogP contribution < -0.4 is 10.1 Å². The third-order valence-electron chi connectivity index (χ3n) is 6.64. The smallest absolute Gasteiger partial charge is 0.355 e. The van der Waals surface area contributed by atoms with Crippen molar-refractivity contribution in [3.8, 4) is 5.75 Å². The molecule has 0 saturated carbocycles. The first-order chi connectivity index (χ1) is 17.2. The molecule has 36 heavy (non-hydrogen) atoms. The van der Waals surface area contributed by atoms with E-state index in [2.05, 4.69) is 10.3 Å². The van der Waals surface area contributed by atoms with Gasteiger partial charge < -0.3 is 24.7 Å². The van der Waals surface area contributed by atoms with E-state index in [4.69, 9.17) is 9.47 Å². The van der Waals surface area contributed by atoms with Crippen molar-refractivity contribution in [1.29, 1.82) is 0 Å². The molecule has 8 heteroatoms. The molecule has 1 aromatic carbocycles. The summed E-state index contributed by atoms with van der Waals surface area (Å²) in [5.41, 5.74) is 4.21. The highest BCUT2D eigenvalue weighted by atomic mass is 16.5. The quantitative estimate of drug-likeness (QED) is 0.482. The van der Waals surface area contributed by atoms with Gasteiger partial charge in [0.1, 0.15) is 11.4 Å². The number of piperidine rings is 1. The molecule has 1 fully saturated rings. The van der Waals surface area contributed by atoms with E-state index in [-0.39, 0.29) is 29.8 Å². The molecule has 1 aliphatic rings. The number of amides is 2. The number of rotatable bonds is 10. The second kappa shape index (κ2) is 12.6. The summed E-state index contributed by atoms with van der Waals surface area (Å²) in [6, 6.07) is 7.76. The number of carbonyl (C=O) groups excluding carboxylic acids is 3. The van der Waals surface area contributed by atoms with Crippen molar-refractivity contribution >= 4 is 17.8 Å². The van der Waals surface area contributed by atoms with Gasteiger partial charge >= 0.3 is 5.97 Å². The predicted molar refractivity (Wildman–Crippen MR) is 138 cm³/mol. The molecule has 0 radical (unpaired) electrons. The molecule has 2 heterocycles. The van der Waals surface area contributed by atoms with Crippen molar-refractivity contribution in [2.45, 2.75) is 73.0 Å². The first-order valence-corrected chi connectivity index (χ1v) is 12.9. The lowest BCUT2D eigenvalue weighted by Gasteiger charge is -2.31. The van der Waals surface area contributed by atoms with Crippen LogP contribution in [0, 0.1) is 19.8 Å². The zero-order chi connectivity index (χ0) is 26.2. The van der Waals surface area contributed by atoms with Crippen LogP contribution in [0.5, 0.6) is 5.75 Å². The highest BCUT2D eigenvalue weighted by molar-refractivity contribution is 5.90. The monoisotopic (exact) mass is 497 g/mol. The van der Waals surface area contributed by atoms with Gasteiger partial charge in [0.15, 0.2) is 0 Å². The second-order valence-corrected chi connectivity index (χ2v) is 9.63. The number of ether oxygens (including phenoxy) is 2. The first-order valence-electron chi connectivity index (χ1n) is 12.9. The van der Waals surface area contributed by atoms with E-state index in [1.807, 2.05) is 56.9 Å². The molecule has 0 spiro atoms. The van der Waals surface area contributed by atoms with E-state index in [0.717, 1.165) is 28.1 Å². The van der Waals surface area contributed by atoms with E-state index >= 15 is 0 Å². The molecular weight excluding hydrogens is 458 g/mol. The van der Waals surface area contributed by atoms with Crippen molar-refractivity contribution in [2.75, 3.05) is 19.7 Å². The van der Waals surface area contributed by atoms with E-state index in [0.29, 0.717) is 57.6 Å². The molecule has 0 unspecified atom stereocenters. The van der Waals surface area contributed by atoms with Gasteiger partial charge in [-0.15, -0.1) is 0 Å². The Hall–Kier alpha value is -3.29. The maximum Gasteiger partial charge on any atom is 0.355 e. The van der Waals surface area contributed by atoms with E-state index in [1.165, 1.54) is 0 Å². The third-order valence-corrected chi connectivity index (χ3v) is 6.64. The van der Waals surface area contributed by atoms with Gasteiger partial charge in [-0.2, -0.15) is 0 Å². The molecule has 1 aliphatic heterocycles. The Morgan fingerprint density at radius 1 is 1.11 bits per heavy atom. The molecule has 1 saturated heterocycles. The van der Waals surface area contributed by atoms with Crippen LogP contribution in [0.15, 0.2) is 24.3 Å². The molecule has 3 rings (SSSR count). The van der Waals surface area contributed by atoms with Crippen molar-refractivity contribution in [3.05, 3.63) is 52.3 Å². The third kappa shape index (κ3) is 7.12. The number of hydrogen-bond acceptors (Lipinski definition) is 5. The maximum atomic E-state index is 12.8. The molecule has 8 nitrogen and oxygen atoms in total. The molecular formula is C28H39N3O5. The van der Waals surface area contributed by atoms with E-state index in [9.17, 15) is 14.4 Å². The average molecular weight is 498 g/mol. The summed E-state index contributed by atoms with van der Waals surface area (Å²) in [4.78, 5) is 42.6. The summed E-state index contributed by atoms with van der Waals surface area (Å²) in [6.45, 7) is 11.5. The standard InChI is InChI=1S/C28H39N3O5/c1-6-35-28(34)26-19(4)24(20(5)30-26)11-12-25(32)31-15-13-22(14-16-31)27(33)29-17-21-7-9-23(10-8-21)36-18(2)3/h7-10,18,22,30H,6,11-17H2,1-5H3,(H,29,33). The Balaban J connectivity index is 1.43. The lowest BCUT2D eigenvalue weighted by Crippen LogP contribution is -2.43. The molecule has 0 aliphatic carbocycles. The number of nitrogens with zero attached hydrogens (tertiary/aromatic N) is 1. The van der Waals surface area contributed by atoms with Crippen LogP contribution in [-0.2, 0) is 27.3 Å². The van der Waals surface area contributed by atoms with Gasteiger partial charge in [-0.3, -0.25) is 9.59 Å². The largest absolute Gasteiger partial charge is 0.491 e. The topological polar surface area (TPSA) is 101 Å². The van der Waals surface area contributed by atoms with Crippen LogP contribution in [0.3, 0.4) is 0 Å². The van der Waals surface area contributed by atoms with E-state index in [1.54, 1.807) is 6.92 Å². The van der Waals surface area contributed by atoms with Crippen LogP contribution in [0.1, 0.15) is 72.9 Å². The predicted octanol–water partition coefficient (Wildman–Crippen LogP) is 4.08. The van der Waals surface area contributed by atoms with Gasteiger partial charge in [0, 0.05) is 37.7 Å². The highest BCUT2D eigenvalue weighted by Crippen LogP contribution is 2.23. The number of aromatic amines is 1. The summed E-state index contributed by atoms with van der Waals surface area (Å²) in [5, 5.41) is 3.03. The Labute approximate surface area is 213 Å². The number of benzene rings is 1. The normalized spacial score (nSPS) is 14.1. The molecule has 0 atom stereocenters. The van der Waals surface area contributed by atoms with Crippen LogP contribution >= 0.6 is 0 Å². The summed E-state index contributed by atoms with van der Waals surface area (Å²) in [6.07, 6.45) is 2.38. The van der Waals surface area contributed by atoms with Gasteiger partial charge in [0.25, 0.3) is 0 Å². The molecule has 2 amide bonds. The molecule has 2 aromatic rings. The fourth-order valence-electron chi connectivity index (χ4n) is 4.64. The van der Waals surface area contributed by atoms with Crippen molar-refractivity contribution < 1.29 is 23.9 Å². The highest BCUT2D eigenvalue weighted by Gasteiger charge is 2.27. The summed E-state index contributed by atoms with van der Waals surface area (Å²) >= 11 is 0. The number of aryl methyl sites for hydroxylation is 1. The van der Waals surface area contributed by atoms with Crippen LogP contribution in [-0.4, -0.2) is 53.5 Å². The second-order valence-electron chi connectivity index (χ2n) is 9.63. The van der Waals surface area contributed by atoms with Gasteiger partial charge in [-0.05, 0) is 82.7 Å². The lowest BCUT2D eigenvalue weighted by molar-refractivity contribution is -0.135. The van der Waals surface area contributed by atoms with Gasteiger partial charge in [-0.25, -0.2) is 4.79 Å². The number of carbonyl (C=O) groups is 3. The molecule has 196 valence electrons. The van der Waals surface area contributed by atoms with Crippen molar-refractivity contribution in [3.63, 3.8) is 0 Å². The van der Waals surface area contributed by atoms with Crippen LogP contribution in [0.2, 0.25) is 0 Å². The number of H-pyrrole nitrogens is 1. The van der Waals surface area contributed by atoms with E-state index < -0.39 is 0 Å². The molecule has 2 N–H and O–H groups in total. The van der Waals surface area contributed by atoms with Gasteiger partial charge in [0.2, 0.25) is 11.8 Å². The van der Waals surface area contributed by atoms with Crippen molar-refractivity contribution in [2.24, 2.45) is 5.92 Å². The number of likely N-dealkylation sites (tertiary alicyclic amines) is 1. The van der Waals surface area contributed by atoms with Gasteiger partial charge in [-0.1, -0.05) is 12.1 Å².